The summed E-state index contributed by atoms with van der Waals surface area (Å²) in [6.07, 6.45) is 5.73. The predicted molar refractivity (Wildman–Crippen MR) is 119 cm³/mol. The summed E-state index contributed by atoms with van der Waals surface area (Å²) in [5.41, 5.74) is 4.25. The highest BCUT2D eigenvalue weighted by Gasteiger charge is 2.23. The first-order valence-electron chi connectivity index (χ1n) is 10.6. The molecule has 2 aromatic heterocycles. The first-order chi connectivity index (χ1) is 15.7. The molecule has 5 rings (SSSR count). The Morgan fingerprint density at radius 1 is 1.16 bits per heavy atom. The van der Waals surface area contributed by atoms with Gasteiger partial charge in [0.1, 0.15) is 18.5 Å². The first-order valence-corrected chi connectivity index (χ1v) is 10.6. The van der Waals surface area contributed by atoms with Crippen molar-refractivity contribution in [2.24, 2.45) is 0 Å². The number of aliphatic hydroxyl groups is 1. The van der Waals surface area contributed by atoms with E-state index in [2.05, 4.69) is 11.1 Å². The molecular weight excluding hydrogens is 404 g/mol. The van der Waals surface area contributed by atoms with Gasteiger partial charge in [-0.25, -0.2) is 0 Å². The van der Waals surface area contributed by atoms with Crippen LogP contribution < -0.4 is 4.74 Å². The highest BCUT2D eigenvalue weighted by molar-refractivity contribution is 5.98. The van der Waals surface area contributed by atoms with Gasteiger partial charge in [0.25, 0.3) is 0 Å². The van der Waals surface area contributed by atoms with E-state index >= 15 is 0 Å². The van der Waals surface area contributed by atoms with Gasteiger partial charge in [0.05, 0.1) is 36.0 Å². The summed E-state index contributed by atoms with van der Waals surface area (Å²) in [6, 6.07) is 17.6. The molecule has 0 aliphatic carbocycles. The van der Waals surface area contributed by atoms with Gasteiger partial charge >= 0.3 is 0 Å². The van der Waals surface area contributed by atoms with Gasteiger partial charge in [0.2, 0.25) is 0 Å². The largest absolute Gasteiger partial charge is 0.489 e. The van der Waals surface area contributed by atoms with Crippen LogP contribution in [0, 0.1) is 11.3 Å². The van der Waals surface area contributed by atoms with Crippen LogP contribution in [0.1, 0.15) is 35.8 Å². The molecule has 4 aromatic rings. The minimum absolute atomic E-state index is 0.190. The van der Waals surface area contributed by atoms with Crippen molar-refractivity contribution in [2.45, 2.75) is 31.7 Å². The first kappa shape index (κ1) is 20.3. The number of hydrogen-bond donors (Lipinski definition) is 1. The molecule has 0 amide bonds. The number of rotatable bonds is 5. The number of pyridine rings is 1. The Morgan fingerprint density at radius 3 is 2.91 bits per heavy atom. The highest BCUT2D eigenvalue weighted by atomic mass is 16.5. The van der Waals surface area contributed by atoms with Crippen LogP contribution in [0.15, 0.2) is 71.7 Å². The lowest BCUT2D eigenvalue weighted by Crippen LogP contribution is -2.24. The van der Waals surface area contributed by atoms with Gasteiger partial charge < -0.3 is 19.0 Å². The van der Waals surface area contributed by atoms with E-state index in [4.69, 9.17) is 13.9 Å². The van der Waals surface area contributed by atoms with Gasteiger partial charge in [-0.2, -0.15) is 5.26 Å². The van der Waals surface area contributed by atoms with E-state index < -0.39 is 0 Å². The van der Waals surface area contributed by atoms with E-state index in [9.17, 15) is 10.4 Å². The summed E-state index contributed by atoms with van der Waals surface area (Å²) in [4.78, 5) is 4.42. The molecule has 6 heteroatoms. The van der Waals surface area contributed by atoms with Crippen LogP contribution in [0.4, 0.5) is 0 Å². The number of aromatic nitrogens is 1. The van der Waals surface area contributed by atoms with Crippen molar-refractivity contribution in [1.82, 2.24) is 4.98 Å². The van der Waals surface area contributed by atoms with Gasteiger partial charge in [-0.15, -0.1) is 0 Å². The second kappa shape index (κ2) is 8.83. The number of aliphatic hydroxyl groups excluding tert-OH is 1. The lowest BCUT2D eigenvalue weighted by Gasteiger charge is -2.26. The average Bonchev–Trinajstić information content (AvgIpc) is 3.37. The number of furan rings is 1. The average molecular weight is 426 g/mol. The van der Waals surface area contributed by atoms with Crippen molar-refractivity contribution < 1.29 is 19.0 Å². The fourth-order valence-electron chi connectivity index (χ4n) is 4.07. The van der Waals surface area contributed by atoms with Crippen LogP contribution in [0.2, 0.25) is 0 Å². The van der Waals surface area contributed by atoms with Crippen LogP contribution in [0.25, 0.3) is 21.9 Å². The molecule has 0 saturated carbocycles. The Bertz CT molecular complexity index is 1280. The minimum Gasteiger partial charge on any atom is -0.489 e. The van der Waals surface area contributed by atoms with E-state index in [0.29, 0.717) is 37.4 Å². The van der Waals surface area contributed by atoms with Crippen LogP contribution >= 0.6 is 0 Å². The second-order valence-corrected chi connectivity index (χ2v) is 7.95. The molecule has 32 heavy (non-hydrogen) atoms. The number of ether oxygens (including phenoxy) is 2. The Morgan fingerprint density at radius 2 is 2.09 bits per heavy atom. The molecule has 2 unspecified atom stereocenters. The Labute approximate surface area is 185 Å². The van der Waals surface area contributed by atoms with Gasteiger partial charge in [0.15, 0.2) is 0 Å². The topological polar surface area (TPSA) is 88.5 Å². The third-order valence-corrected chi connectivity index (χ3v) is 5.72. The molecule has 0 spiro atoms. The Hall–Kier alpha value is -3.66. The van der Waals surface area contributed by atoms with Crippen LogP contribution in [-0.4, -0.2) is 22.8 Å². The SMILES string of the molecule is N#Cc1cc(-c2ccoc2)c2ccc(OCc3ccnc(C4CC(O)CCO4)c3)cc2c1. The smallest absolute Gasteiger partial charge is 0.120 e. The van der Waals surface area contributed by atoms with Gasteiger partial charge in [-0.1, -0.05) is 6.07 Å². The van der Waals surface area contributed by atoms with Crippen molar-refractivity contribution in [2.75, 3.05) is 6.61 Å². The van der Waals surface area contributed by atoms with Gasteiger partial charge in [-0.05, 0) is 70.8 Å². The summed E-state index contributed by atoms with van der Waals surface area (Å²) < 4.78 is 17.0. The number of hydrogen-bond acceptors (Lipinski definition) is 6. The van der Waals surface area contributed by atoms with E-state index in [0.717, 1.165) is 33.2 Å². The van der Waals surface area contributed by atoms with E-state index in [-0.39, 0.29) is 12.2 Å². The molecule has 2 aromatic carbocycles. The summed E-state index contributed by atoms with van der Waals surface area (Å²) >= 11 is 0. The molecule has 1 saturated heterocycles. The van der Waals surface area contributed by atoms with Crippen LogP contribution in [0.3, 0.4) is 0 Å². The molecule has 1 fully saturated rings. The normalized spacial score (nSPS) is 18.4. The molecule has 0 radical (unpaired) electrons. The third-order valence-electron chi connectivity index (χ3n) is 5.72. The molecule has 3 heterocycles. The molecule has 1 aliphatic rings. The summed E-state index contributed by atoms with van der Waals surface area (Å²) in [7, 11) is 0. The number of nitriles is 1. The fraction of sp³-hybridized carbons (Fsp3) is 0.231. The lowest BCUT2D eigenvalue weighted by molar-refractivity contribution is -0.0466. The van der Waals surface area contributed by atoms with Crippen molar-refractivity contribution >= 4 is 10.8 Å². The predicted octanol–water partition coefficient (Wildman–Crippen LogP) is 5.16. The summed E-state index contributed by atoms with van der Waals surface area (Å²) in [5.74, 6) is 0.716. The number of nitrogens with zero attached hydrogens (tertiary/aromatic N) is 2. The van der Waals surface area contributed by atoms with Crippen molar-refractivity contribution in [1.29, 1.82) is 5.26 Å². The third kappa shape index (κ3) is 4.22. The molecule has 1 aliphatic heterocycles. The highest BCUT2D eigenvalue weighted by Crippen LogP contribution is 2.33. The lowest BCUT2D eigenvalue weighted by atomic mass is 9.97. The quantitative estimate of drug-likeness (QED) is 0.474. The van der Waals surface area contributed by atoms with E-state index in [1.165, 1.54) is 0 Å². The summed E-state index contributed by atoms with van der Waals surface area (Å²) in [5, 5.41) is 21.3. The molecule has 0 bridgehead atoms. The maximum Gasteiger partial charge on any atom is 0.120 e. The van der Waals surface area contributed by atoms with Crippen molar-refractivity contribution in [3.63, 3.8) is 0 Å². The molecular formula is C26H22N2O4. The maximum absolute atomic E-state index is 9.91. The number of fused-ring (bicyclic) bond motifs is 1. The van der Waals surface area contributed by atoms with Crippen LogP contribution in [-0.2, 0) is 11.3 Å². The summed E-state index contributed by atoms with van der Waals surface area (Å²) in [6.45, 7) is 0.916. The van der Waals surface area contributed by atoms with Crippen molar-refractivity contribution in [3.8, 4) is 22.9 Å². The zero-order valence-corrected chi connectivity index (χ0v) is 17.4. The minimum atomic E-state index is -0.349. The monoisotopic (exact) mass is 426 g/mol. The van der Waals surface area contributed by atoms with Gasteiger partial charge in [0, 0.05) is 24.8 Å². The Kier molecular flexibility index (Phi) is 5.59. The van der Waals surface area contributed by atoms with E-state index in [1.807, 2.05) is 48.5 Å². The molecule has 2 atom stereocenters. The standard InChI is InChI=1S/C26H22N2O4/c27-14-18-9-20-12-22(1-2-23(20)24(10-18)19-4-7-30-16-19)32-15-17-3-6-28-25(11-17)26-13-21(29)5-8-31-26/h1-4,6-7,9-12,16,21,26,29H,5,8,13,15H2. The molecule has 1 N–H and O–H groups in total. The number of benzene rings is 2. The zero-order chi connectivity index (χ0) is 21.9. The second-order valence-electron chi connectivity index (χ2n) is 7.95. The van der Waals surface area contributed by atoms with Gasteiger partial charge in [-0.3, -0.25) is 4.98 Å². The zero-order valence-electron chi connectivity index (χ0n) is 17.4. The fourth-order valence-corrected chi connectivity index (χ4v) is 4.07. The molecule has 6 nitrogen and oxygen atoms in total. The van der Waals surface area contributed by atoms with E-state index in [1.54, 1.807) is 18.7 Å². The van der Waals surface area contributed by atoms with Crippen molar-refractivity contribution in [3.05, 3.63) is 84.1 Å². The maximum atomic E-state index is 9.91. The molecule has 160 valence electrons. The van der Waals surface area contributed by atoms with Crippen LogP contribution in [0.5, 0.6) is 5.75 Å². The Balaban J connectivity index is 1.37.